The van der Waals surface area contributed by atoms with Gasteiger partial charge in [0.2, 0.25) is 0 Å². The molecule has 3 aliphatic rings. The lowest BCUT2D eigenvalue weighted by molar-refractivity contribution is 0.192. The number of urea groups is 1. The number of likely N-dealkylation sites (tertiary alicyclic amines) is 1. The van der Waals surface area contributed by atoms with Crippen molar-refractivity contribution in [1.82, 2.24) is 15.1 Å². The molecule has 1 aliphatic carbocycles. The first kappa shape index (κ1) is 14.1. The monoisotopic (exact) mass is 299 g/mol. The number of hydrogen-bond donors (Lipinski definition) is 1. The van der Waals surface area contributed by atoms with E-state index in [1.807, 2.05) is 4.90 Å². The number of carbonyl (C=O) groups is 1. The van der Waals surface area contributed by atoms with E-state index in [9.17, 15) is 4.79 Å². The Morgan fingerprint density at radius 3 is 2.73 bits per heavy atom. The predicted molar refractivity (Wildman–Crippen MR) is 86.5 cm³/mol. The minimum Gasteiger partial charge on any atom is -0.334 e. The highest BCUT2D eigenvalue weighted by atomic mass is 16.2. The minimum atomic E-state index is 0.100. The van der Waals surface area contributed by atoms with Gasteiger partial charge >= 0.3 is 6.03 Å². The largest absolute Gasteiger partial charge is 0.334 e. The fourth-order valence-corrected chi connectivity index (χ4v) is 3.85. The summed E-state index contributed by atoms with van der Waals surface area (Å²) >= 11 is 0. The molecular formula is C18H25N3O. The zero-order chi connectivity index (χ0) is 15.3. The molecule has 2 fully saturated rings. The molecule has 1 saturated heterocycles. The Balaban J connectivity index is 1.37. The summed E-state index contributed by atoms with van der Waals surface area (Å²) in [6, 6.07) is 7.69. The van der Waals surface area contributed by atoms with E-state index in [1.165, 1.54) is 29.5 Å². The molecule has 0 spiro atoms. The van der Waals surface area contributed by atoms with Crippen LogP contribution in [0.3, 0.4) is 0 Å². The maximum absolute atomic E-state index is 12.6. The molecule has 2 heterocycles. The molecule has 1 aromatic rings. The molecule has 1 aromatic carbocycles. The first-order chi connectivity index (χ1) is 10.6. The van der Waals surface area contributed by atoms with Crippen LogP contribution < -0.4 is 5.32 Å². The number of fused-ring (bicyclic) bond motifs is 1. The van der Waals surface area contributed by atoms with Gasteiger partial charge in [-0.3, -0.25) is 4.90 Å². The van der Waals surface area contributed by atoms with Crippen LogP contribution in [0.4, 0.5) is 4.79 Å². The van der Waals surface area contributed by atoms with Gasteiger partial charge in [-0.15, -0.1) is 0 Å². The smallest absolute Gasteiger partial charge is 0.318 e. The van der Waals surface area contributed by atoms with Gasteiger partial charge in [0.25, 0.3) is 0 Å². The van der Waals surface area contributed by atoms with Gasteiger partial charge in [-0.05, 0) is 36.8 Å². The van der Waals surface area contributed by atoms with Crippen molar-refractivity contribution in [3.63, 3.8) is 0 Å². The van der Waals surface area contributed by atoms with Gasteiger partial charge in [0.1, 0.15) is 0 Å². The van der Waals surface area contributed by atoms with Crippen LogP contribution in [0.5, 0.6) is 0 Å². The number of amides is 2. The molecule has 1 saturated carbocycles. The average molecular weight is 299 g/mol. The van der Waals surface area contributed by atoms with E-state index >= 15 is 0 Å². The second-order valence-corrected chi connectivity index (χ2v) is 7.35. The predicted octanol–water partition coefficient (Wildman–Crippen LogP) is 2.50. The van der Waals surface area contributed by atoms with Gasteiger partial charge in [-0.25, -0.2) is 4.79 Å². The van der Waals surface area contributed by atoms with Crippen LogP contribution in [0.15, 0.2) is 18.2 Å². The highest BCUT2D eigenvalue weighted by molar-refractivity contribution is 5.75. The van der Waals surface area contributed by atoms with Crippen LogP contribution >= 0.6 is 0 Å². The summed E-state index contributed by atoms with van der Waals surface area (Å²) in [6.07, 6.45) is 2.68. The van der Waals surface area contributed by atoms with Crippen molar-refractivity contribution >= 4 is 6.03 Å². The van der Waals surface area contributed by atoms with Crippen molar-refractivity contribution in [2.24, 2.45) is 5.92 Å². The summed E-state index contributed by atoms with van der Waals surface area (Å²) in [5, 5.41) is 3.28. The molecule has 0 radical (unpaired) electrons. The van der Waals surface area contributed by atoms with Gasteiger partial charge in [0.05, 0.1) is 0 Å². The normalized spacial score (nSPS) is 28.0. The van der Waals surface area contributed by atoms with Gasteiger partial charge in [-0.2, -0.15) is 0 Å². The van der Waals surface area contributed by atoms with Gasteiger partial charge in [0, 0.05) is 38.3 Å². The zero-order valence-corrected chi connectivity index (χ0v) is 13.5. The first-order valence-corrected chi connectivity index (χ1v) is 8.48. The Labute approximate surface area is 132 Å². The van der Waals surface area contributed by atoms with Crippen molar-refractivity contribution in [1.29, 1.82) is 0 Å². The first-order valence-electron chi connectivity index (χ1n) is 8.48. The summed E-state index contributed by atoms with van der Waals surface area (Å²) in [5.74, 6) is 0.553. The number of rotatable bonds is 2. The molecule has 2 aliphatic heterocycles. The van der Waals surface area contributed by atoms with E-state index in [4.69, 9.17) is 0 Å². The maximum atomic E-state index is 12.6. The number of benzene rings is 1. The average Bonchev–Trinajstić information content (AvgIpc) is 3.15. The molecule has 4 heteroatoms. The number of nitrogens with one attached hydrogen (secondary N) is 1. The summed E-state index contributed by atoms with van der Waals surface area (Å²) in [5.41, 5.74) is 3.86. The third-order valence-corrected chi connectivity index (χ3v) is 5.38. The molecule has 22 heavy (non-hydrogen) atoms. The lowest BCUT2D eigenvalue weighted by Crippen LogP contribution is -2.45. The summed E-state index contributed by atoms with van der Waals surface area (Å²) in [7, 11) is 0. The standard InChI is InChI=1S/C18H25N3O/c1-12-3-4-14-9-21(10-15(14)7-12)18(22)19-17-11-20(8-13(17)2)16-5-6-16/h3-4,7,13,16-17H,5-6,8-11H2,1-2H3,(H,19,22). The molecule has 2 unspecified atom stereocenters. The number of nitrogens with zero attached hydrogens (tertiary/aromatic N) is 2. The molecule has 118 valence electrons. The van der Waals surface area contributed by atoms with Gasteiger partial charge in [-0.1, -0.05) is 30.7 Å². The van der Waals surface area contributed by atoms with E-state index in [0.717, 1.165) is 32.2 Å². The topological polar surface area (TPSA) is 35.6 Å². The molecule has 1 N–H and O–H groups in total. The Kier molecular flexibility index (Phi) is 3.37. The molecular weight excluding hydrogens is 274 g/mol. The summed E-state index contributed by atoms with van der Waals surface area (Å²) < 4.78 is 0. The Hall–Kier alpha value is -1.55. The Bertz CT molecular complexity index is 596. The number of hydrogen-bond acceptors (Lipinski definition) is 2. The van der Waals surface area contributed by atoms with Crippen LogP contribution in [0.2, 0.25) is 0 Å². The van der Waals surface area contributed by atoms with Crippen LogP contribution in [0, 0.1) is 12.8 Å². The van der Waals surface area contributed by atoms with Gasteiger partial charge in [0.15, 0.2) is 0 Å². The van der Waals surface area contributed by atoms with Gasteiger partial charge < -0.3 is 10.2 Å². The van der Waals surface area contributed by atoms with E-state index in [1.54, 1.807) is 0 Å². The zero-order valence-electron chi connectivity index (χ0n) is 13.5. The highest BCUT2D eigenvalue weighted by Crippen LogP contribution is 2.32. The van der Waals surface area contributed by atoms with E-state index in [-0.39, 0.29) is 6.03 Å². The van der Waals surface area contributed by atoms with E-state index in [0.29, 0.717) is 12.0 Å². The third-order valence-electron chi connectivity index (χ3n) is 5.38. The minimum absolute atomic E-state index is 0.100. The summed E-state index contributed by atoms with van der Waals surface area (Å²) in [6.45, 7) is 8.02. The molecule has 0 bridgehead atoms. The summed E-state index contributed by atoms with van der Waals surface area (Å²) in [4.78, 5) is 17.1. The second kappa shape index (κ2) is 5.27. The van der Waals surface area contributed by atoms with Crippen molar-refractivity contribution in [3.8, 4) is 0 Å². The fraction of sp³-hybridized carbons (Fsp3) is 0.611. The maximum Gasteiger partial charge on any atom is 0.318 e. The van der Waals surface area contributed by atoms with E-state index < -0.39 is 0 Å². The van der Waals surface area contributed by atoms with Crippen molar-refractivity contribution in [2.75, 3.05) is 13.1 Å². The van der Waals surface area contributed by atoms with Crippen LogP contribution in [-0.2, 0) is 13.1 Å². The van der Waals surface area contributed by atoms with Crippen LogP contribution in [0.1, 0.15) is 36.5 Å². The van der Waals surface area contributed by atoms with Crippen molar-refractivity contribution in [2.45, 2.75) is 51.9 Å². The van der Waals surface area contributed by atoms with Crippen LogP contribution in [0.25, 0.3) is 0 Å². The van der Waals surface area contributed by atoms with Crippen LogP contribution in [-0.4, -0.2) is 41.0 Å². The molecule has 4 rings (SSSR count). The lowest BCUT2D eigenvalue weighted by Gasteiger charge is -2.22. The molecule has 2 atom stereocenters. The third kappa shape index (κ3) is 2.60. The van der Waals surface area contributed by atoms with Crippen molar-refractivity contribution < 1.29 is 4.79 Å². The van der Waals surface area contributed by atoms with Crippen molar-refractivity contribution in [3.05, 3.63) is 34.9 Å². The molecule has 4 nitrogen and oxygen atoms in total. The Morgan fingerprint density at radius 2 is 1.95 bits per heavy atom. The molecule has 0 aromatic heterocycles. The fourth-order valence-electron chi connectivity index (χ4n) is 3.85. The van der Waals surface area contributed by atoms with E-state index in [2.05, 4.69) is 42.3 Å². The number of carbonyl (C=O) groups excluding carboxylic acids is 1. The quantitative estimate of drug-likeness (QED) is 0.911. The SMILES string of the molecule is Cc1ccc2c(c1)CN(C(=O)NC1CN(C3CC3)CC1C)C2. The highest BCUT2D eigenvalue weighted by Gasteiger charge is 2.39. The number of aryl methyl sites for hydroxylation is 1. The Morgan fingerprint density at radius 1 is 1.18 bits per heavy atom. The second-order valence-electron chi connectivity index (χ2n) is 7.35. The lowest BCUT2D eigenvalue weighted by atomic mass is 10.1. The molecule has 2 amide bonds.